The number of carbonyl (C=O) groups excluding carboxylic acids is 1. The zero-order chi connectivity index (χ0) is 20.3. The van der Waals surface area contributed by atoms with Crippen molar-refractivity contribution in [3.63, 3.8) is 0 Å². The molecule has 0 spiro atoms. The molecule has 0 radical (unpaired) electrons. The lowest BCUT2D eigenvalue weighted by Gasteiger charge is -2.43. The van der Waals surface area contributed by atoms with E-state index in [4.69, 9.17) is 11.5 Å². The molecule has 0 bridgehead atoms. The van der Waals surface area contributed by atoms with Crippen molar-refractivity contribution in [2.75, 3.05) is 22.1 Å². The third-order valence-corrected chi connectivity index (χ3v) is 6.43. The van der Waals surface area contributed by atoms with Crippen LogP contribution in [0, 0.1) is 0 Å². The molecule has 1 fully saturated rings. The minimum absolute atomic E-state index is 0.0893. The predicted molar refractivity (Wildman–Crippen MR) is 112 cm³/mol. The molecule has 1 amide bonds. The first kappa shape index (κ1) is 20.3. The molecular weight excluding hydrogens is 380 g/mol. The van der Waals surface area contributed by atoms with Gasteiger partial charge < -0.3 is 22.1 Å². The number of carbonyl (C=O) groups is 1. The van der Waals surface area contributed by atoms with Crippen LogP contribution >= 0.6 is 10.6 Å². The predicted octanol–water partition coefficient (Wildman–Crippen LogP) is 2.14. The van der Waals surface area contributed by atoms with Crippen LogP contribution < -0.4 is 22.1 Å². The number of nitrogens with two attached hydrogens (primary N) is 2. The summed E-state index contributed by atoms with van der Waals surface area (Å²) in [6.07, 6.45) is 2.78. The van der Waals surface area contributed by atoms with E-state index in [0.29, 0.717) is 29.4 Å². The van der Waals surface area contributed by atoms with E-state index >= 15 is 0 Å². The molecule has 2 aromatic rings. The molecule has 3 heterocycles. The van der Waals surface area contributed by atoms with Gasteiger partial charge >= 0.3 is 0 Å². The first-order valence-corrected chi connectivity index (χ1v) is 10.9. The highest BCUT2D eigenvalue weighted by atomic mass is 32.3. The third kappa shape index (κ3) is 4.90. The Morgan fingerprint density at radius 3 is 2.89 bits per heavy atom. The van der Waals surface area contributed by atoms with Crippen molar-refractivity contribution >= 4 is 33.7 Å². The van der Waals surface area contributed by atoms with Gasteiger partial charge in [-0.1, -0.05) is 13.0 Å². The minimum atomic E-state index is -2.64. The SMILES string of the molecule is CCc1cccc(Nc2cc(N[C@@H]3CS(O)(O)CC[C@@H]3N)cnc2C(N)=O)n1. The average Bonchev–Trinajstić information content (AvgIpc) is 2.65. The zero-order valence-corrected chi connectivity index (χ0v) is 16.4. The number of amides is 1. The fraction of sp³-hybridized carbons (Fsp3) is 0.389. The summed E-state index contributed by atoms with van der Waals surface area (Å²) in [5.41, 5.74) is 13.6. The van der Waals surface area contributed by atoms with Crippen LogP contribution in [0.1, 0.15) is 29.5 Å². The number of pyridine rings is 2. The molecule has 8 N–H and O–H groups in total. The molecule has 1 saturated heterocycles. The molecular formula is C18H26N6O3S. The van der Waals surface area contributed by atoms with E-state index in [1.807, 2.05) is 19.1 Å². The van der Waals surface area contributed by atoms with Crippen LogP contribution in [0.3, 0.4) is 0 Å². The maximum Gasteiger partial charge on any atom is 0.269 e. The summed E-state index contributed by atoms with van der Waals surface area (Å²) in [4.78, 5) is 20.4. The van der Waals surface area contributed by atoms with Gasteiger partial charge in [0.05, 0.1) is 29.4 Å². The highest BCUT2D eigenvalue weighted by Gasteiger charge is 2.31. The second-order valence-electron chi connectivity index (χ2n) is 6.85. The van der Waals surface area contributed by atoms with Gasteiger partial charge in [-0.05, 0) is 31.0 Å². The van der Waals surface area contributed by atoms with Crippen molar-refractivity contribution < 1.29 is 13.9 Å². The second kappa shape index (κ2) is 8.31. The number of rotatable bonds is 6. The van der Waals surface area contributed by atoms with Crippen molar-refractivity contribution in [2.45, 2.75) is 31.8 Å². The van der Waals surface area contributed by atoms with Crippen LogP contribution in [0.4, 0.5) is 17.2 Å². The van der Waals surface area contributed by atoms with Crippen molar-refractivity contribution in [3.05, 3.63) is 41.9 Å². The Balaban J connectivity index is 1.85. The Bertz CT molecular complexity index is 863. The molecule has 0 aliphatic carbocycles. The summed E-state index contributed by atoms with van der Waals surface area (Å²) in [5, 5.41) is 6.30. The molecule has 0 aromatic carbocycles. The topological polar surface area (TPSA) is 159 Å². The highest BCUT2D eigenvalue weighted by Crippen LogP contribution is 2.44. The quantitative estimate of drug-likeness (QED) is 0.425. The number of primary amides is 1. The maximum atomic E-state index is 11.8. The monoisotopic (exact) mass is 406 g/mol. The number of nitrogens with one attached hydrogen (secondary N) is 2. The Hall–Kier alpha value is -2.40. The van der Waals surface area contributed by atoms with Gasteiger partial charge in [0.15, 0.2) is 5.69 Å². The van der Waals surface area contributed by atoms with Gasteiger partial charge in [0, 0.05) is 17.5 Å². The van der Waals surface area contributed by atoms with Crippen LogP contribution in [0.5, 0.6) is 0 Å². The normalized spacial score (nSPS) is 22.3. The number of hydrogen-bond donors (Lipinski definition) is 6. The molecule has 0 saturated carbocycles. The first-order valence-electron chi connectivity index (χ1n) is 9.06. The van der Waals surface area contributed by atoms with E-state index in [2.05, 4.69) is 20.6 Å². The first-order chi connectivity index (χ1) is 13.3. The van der Waals surface area contributed by atoms with E-state index < -0.39 is 16.5 Å². The lowest BCUT2D eigenvalue weighted by Crippen LogP contribution is -2.48. The van der Waals surface area contributed by atoms with Crippen LogP contribution in [-0.4, -0.2) is 48.6 Å². The van der Waals surface area contributed by atoms with Gasteiger partial charge in [0.1, 0.15) is 5.82 Å². The second-order valence-corrected chi connectivity index (χ2v) is 9.20. The molecule has 28 heavy (non-hydrogen) atoms. The molecule has 10 heteroatoms. The largest absolute Gasteiger partial charge is 0.378 e. The van der Waals surface area contributed by atoms with Crippen molar-refractivity contribution in [2.24, 2.45) is 11.5 Å². The van der Waals surface area contributed by atoms with E-state index in [0.717, 1.165) is 12.1 Å². The summed E-state index contributed by atoms with van der Waals surface area (Å²) in [7, 11) is -2.64. The van der Waals surface area contributed by atoms with E-state index in [1.165, 1.54) is 6.20 Å². The van der Waals surface area contributed by atoms with E-state index in [1.54, 1.807) is 12.1 Å². The van der Waals surface area contributed by atoms with Gasteiger partial charge in [-0.25, -0.2) is 9.97 Å². The van der Waals surface area contributed by atoms with Crippen LogP contribution in [0.25, 0.3) is 0 Å². The summed E-state index contributed by atoms with van der Waals surface area (Å²) < 4.78 is 20.0. The molecule has 3 rings (SSSR count). The van der Waals surface area contributed by atoms with Gasteiger partial charge in [-0.3, -0.25) is 13.9 Å². The molecule has 152 valence electrons. The summed E-state index contributed by atoms with van der Waals surface area (Å²) in [6.45, 7) is 2.00. The van der Waals surface area contributed by atoms with Crippen LogP contribution in [-0.2, 0) is 6.42 Å². The van der Waals surface area contributed by atoms with Crippen molar-refractivity contribution in [1.29, 1.82) is 0 Å². The molecule has 2 atom stereocenters. The van der Waals surface area contributed by atoms with Gasteiger partial charge in [0.25, 0.3) is 5.91 Å². The zero-order valence-electron chi connectivity index (χ0n) is 15.6. The van der Waals surface area contributed by atoms with Gasteiger partial charge in [-0.15, -0.1) is 0 Å². The summed E-state index contributed by atoms with van der Waals surface area (Å²) in [5.74, 6) is 0.403. The number of aromatic nitrogens is 2. The molecule has 9 nitrogen and oxygen atoms in total. The molecule has 0 unspecified atom stereocenters. The van der Waals surface area contributed by atoms with Gasteiger partial charge in [0.2, 0.25) is 0 Å². The minimum Gasteiger partial charge on any atom is -0.378 e. The lowest BCUT2D eigenvalue weighted by atomic mass is 10.1. The van der Waals surface area contributed by atoms with Crippen LogP contribution in [0.15, 0.2) is 30.5 Å². The van der Waals surface area contributed by atoms with Crippen LogP contribution in [0.2, 0.25) is 0 Å². The molecule has 1 aliphatic rings. The standard InChI is InChI=1S/C18H26N6O3S/c1-2-11-4-3-5-16(23-11)24-14-8-12(9-21-17(14)18(20)25)22-15-10-28(26,27)7-6-13(15)19/h3-5,8-9,13,15,22,26-27H,2,6-7,10,19H2,1H3,(H2,20,25)(H,23,24)/t13-,15+/m0/s1. The lowest BCUT2D eigenvalue weighted by molar-refractivity contribution is 0.0996. The molecule has 1 aliphatic heterocycles. The van der Waals surface area contributed by atoms with Gasteiger partial charge in [-0.2, -0.15) is 10.6 Å². The highest BCUT2D eigenvalue weighted by molar-refractivity contribution is 8.24. The number of aryl methyl sites for hydroxylation is 1. The average molecular weight is 407 g/mol. The fourth-order valence-electron chi connectivity index (χ4n) is 3.10. The number of anilines is 3. The Morgan fingerprint density at radius 1 is 1.39 bits per heavy atom. The number of hydrogen-bond acceptors (Lipinski definition) is 8. The Labute approximate surface area is 165 Å². The van der Waals surface area contributed by atoms with E-state index in [9.17, 15) is 13.9 Å². The summed E-state index contributed by atoms with van der Waals surface area (Å²) in [6, 6.07) is 6.75. The Kier molecular flexibility index (Phi) is 6.04. The summed E-state index contributed by atoms with van der Waals surface area (Å²) >= 11 is 0. The Morgan fingerprint density at radius 2 is 2.18 bits per heavy atom. The fourth-order valence-corrected chi connectivity index (χ4v) is 4.82. The maximum absolute atomic E-state index is 11.8. The third-order valence-electron chi connectivity index (χ3n) is 4.65. The van der Waals surface area contributed by atoms with E-state index in [-0.39, 0.29) is 23.5 Å². The molecule has 2 aromatic heterocycles. The number of nitrogens with zero attached hydrogens (tertiary/aromatic N) is 2. The van der Waals surface area contributed by atoms with Crippen molar-refractivity contribution in [1.82, 2.24) is 9.97 Å². The smallest absolute Gasteiger partial charge is 0.269 e. The van der Waals surface area contributed by atoms with Crippen molar-refractivity contribution in [3.8, 4) is 0 Å².